The number of hydrogen-bond acceptors (Lipinski definition) is 6. The molecule has 0 saturated carbocycles. The van der Waals surface area contributed by atoms with Gasteiger partial charge in [-0.3, -0.25) is 9.59 Å². The predicted octanol–water partition coefficient (Wildman–Crippen LogP) is 0.0566. The van der Waals surface area contributed by atoms with E-state index < -0.39 is 24.8 Å². The number of esters is 2. The van der Waals surface area contributed by atoms with Gasteiger partial charge in [0.05, 0.1) is 0 Å². The quantitative estimate of drug-likeness (QED) is 0.214. The van der Waals surface area contributed by atoms with Crippen molar-refractivity contribution in [1.82, 2.24) is 5.32 Å². The topological polar surface area (TPSA) is 90.9 Å². The Labute approximate surface area is 173 Å². The Kier molecular flexibility index (Phi) is 13.2. The fourth-order valence-corrected chi connectivity index (χ4v) is 1.71. The molecule has 0 spiro atoms. The van der Waals surface area contributed by atoms with Gasteiger partial charge in [-0.25, -0.2) is 4.79 Å². The third-order valence-electron chi connectivity index (χ3n) is 2.74. The number of nitrogens with one attached hydrogen (secondary N) is 1. The van der Waals surface area contributed by atoms with Crippen molar-refractivity contribution in [3.8, 4) is 5.75 Å². The zero-order valence-corrected chi connectivity index (χ0v) is 17.1. The van der Waals surface area contributed by atoms with E-state index in [1.165, 1.54) is 0 Å². The van der Waals surface area contributed by atoms with Crippen LogP contribution in [-0.2, 0) is 19.1 Å². The average molecular weight is 381 g/mol. The van der Waals surface area contributed by atoms with Crippen molar-refractivity contribution in [1.29, 1.82) is 0 Å². The number of benzene rings is 1. The van der Waals surface area contributed by atoms with E-state index in [4.69, 9.17) is 16.3 Å². The summed E-state index contributed by atoms with van der Waals surface area (Å²) >= 11 is 5.73. The second-order valence-corrected chi connectivity index (χ2v) is 5.21. The molecule has 132 valence electrons. The Balaban J connectivity index is 0.00000576. The van der Waals surface area contributed by atoms with Crippen LogP contribution in [0, 0.1) is 0 Å². The first-order chi connectivity index (χ1) is 11.5. The third kappa shape index (κ3) is 11.8. The van der Waals surface area contributed by atoms with Crippen LogP contribution in [0.5, 0.6) is 5.75 Å². The van der Waals surface area contributed by atoms with E-state index in [0.29, 0.717) is 23.6 Å². The van der Waals surface area contributed by atoms with E-state index in [1.54, 1.807) is 24.3 Å². The fraction of sp³-hybridized carbons (Fsp3) is 0.438. The molecule has 1 aromatic carbocycles. The summed E-state index contributed by atoms with van der Waals surface area (Å²) in [4.78, 5) is 33.9. The Morgan fingerprint density at radius 1 is 1.04 bits per heavy atom. The van der Waals surface area contributed by atoms with Crippen molar-refractivity contribution in [2.24, 2.45) is 0 Å². The zero-order chi connectivity index (χ0) is 17.8. The fourth-order valence-electron chi connectivity index (χ4n) is 1.58. The van der Waals surface area contributed by atoms with Gasteiger partial charge in [0.1, 0.15) is 5.75 Å². The van der Waals surface area contributed by atoms with Crippen LogP contribution in [0.1, 0.15) is 32.6 Å². The van der Waals surface area contributed by atoms with Gasteiger partial charge in [0.25, 0.3) is 0 Å². The number of ether oxygens (including phenoxy) is 3. The maximum absolute atomic E-state index is 11.6. The summed E-state index contributed by atoms with van der Waals surface area (Å²) in [7, 11) is 0. The van der Waals surface area contributed by atoms with Crippen molar-refractivity contribution >= 4 is 29.6 Å². The molecule has 7 nitrogen and oxygen atoms in total. The molecular weight excluding hydrogens is 361 g/mol. The van der Waals surface area contributed by atoms with Crippen LogP contribution in [0.2, 0.25) is 5.02 Å². The molecule has 0 aliphatic heterocycles. The van der Waals surface area contributed by atoms with Crippen LogP contribution in [0.15, 0.2) is 24.3 Å². The SMILES string of the molecule is CCCC(=O)OCOC(=O)NCCCC(=O)Oc1ccc(Cl)cc1.[Na+]. The Morgan fingerprint density at radius 2 is 1.72 bits per heavy atom. The zero-order valence-electron chi connectivity index (χ0n) is 14.4. The van der Waals surface area contributed by atoms with Crippen molar-refractivity contribution in [3.05, 3.63) is 29.3 Å². The molecule has 0 fully saturated rings. The molecule has 9 heteroatoms. The Bertz CT molecular complexity index is 552. The van der Waals surface area contributed by atoms with Gasteiger partial charge in [0, 0.05) is 24.4 Å². The number of carbonyl (C=O) groups excluding carboxylic acids is 3. The summed E-state index contributed by atoms with van der Waals surface area (Å²) in [5, 5.41) is 2.99. The monoisotopic (exact) mass is 380 g/mol. The second kappa shape index (κ2) is 13.9. The smallest absolute Gasteiger partial charge is 0.428 e. The molecule has 1 amide bonds. The number of rotatable bonds is 9. The van der Waals surface area contributed by atoms with E-state index in [2.05, 4.69) is 14.8 Å². The summed E-state index contributed by atoms with van der Waals surface area (Å²) in [5.41, 5.74) is 0. The first kappa shape index (κ1) is 23.7. The van der Waals surface area contributed by atoms with E-state index >= 15 is 0 Å². The maximum atomic E-state index is 11.6. The molecule has 0 aliphatic carbocycles. The molecule has 0 bridgehead atoms. The summed E-state index contributed by atoms with van der Waals surface area (Å²) in [6.45, 7) is 1.65. The molecule has 0 aromatic heterocycles. The molecule has 0 unspecified atom stereocenters. The molecular formula is C16H20ClNNaO6+. The van der Waals surface area contributed by atoms with Gasteiger partial charge in [-0.05, 0) is 37.1 Å². The van der Waals surface area contributed by atoms with Crippen molar-refractivity contribution in [3.63, 3.8) is 0 Å². The third-order valence-corrected chi connectivity index (χ3v) is 2.99. The average Bonchev–Trinajstić information content (AvgIpc) is 2.54. The summed E-state index contributed by atoms with van der Waals surface area (Å²) in [6, 6.07) is 6.43. The van der Waals surface area contributed by atoms with Gasteiger partial charge in [0.15, 0.2) is 0 Å². The molecule has 1 N–H and O–H groups in total. The van der Waals surface area contributed by atoms with Crippen LogP contribution in [0.4, 0.5) is 4.79 Å². The van der Waals surface area contributed by atoms with Crippen LogP contribution in [-0.4, -0.2) is 31.4 Å². The first-order valence-corrected chi connectivity index (χ1v) is 7.91. The van der Waals surface area contributed by atoms with Crippen LogP contribution < -0.4 is 39.6 Å². The molecule has 1 aromatic rings. The van der Waals surface area contributed by atoms with E-state index in [0.717, 1.165) is 0 Å². The van der Waals surface area contributed by atoms with E-state index in [-0.39, 0.29) is 48.9 Å². The number of halogens is 1. The molecule has 25 heavy (non-hydrogen) atoms. The normalized spacial score (nSPS) is 9.52. The molecule has 1 rings (SSSR count). The second-order valence-electron chi connectivity index (χ2n) is 4.77. The van der Waals surface area contributed by atoms with Gasteiger partial charge in [-0.1, -0.05) is 18.5 Å². The Hall–Kier alpha value is -1.28. The van der Waals surface area contributed by atoms with Gasteiger partial charge >= 0.3 is 47.6 Å². The van der Waals surface area contributed by atoms with Crippen molar-refractivity contribution in [2.45, 2.75) is 32.6 Å². The molecule has 0 radical (unpaired) electrons. The Morgan fingerprint density at radius 3 is 2.36 bits per heavy atom. The summed E-state index contributed by atoms with van der Waals surface area (Å²) in [5.74, 6) is -0.429. The molecule has 0 atom stereocenters. The van der Waals surface area contributed by atoms with Gasteiger partial charge < -0.3 is 19.5 Å². The van der Waals surface area contributed by atoms with Crippen LogP contribution >= 0.6 is 11.6 Å². The number of amides is 1. The van der Waals surface area contributed by atoms with Gasteiger partial charge in [-0.2, -0.15) is 0 Å². The summed E-state index contributed by atoms with van der Waals surface area (Å²) in [6.07, 6.45) is 0.744. The maximum Gasteiger partial charge on any atom is 1.00 e. The van der Waals surface area contributed by atoms with Crippen molar-refractivity contribution < 1.29 is 58.2 Å². The van der Waals surface area contributed by atoms with E-state index in [9.17, 15) is 14.4 Å². The minimum atomic E-state index is -0.717. The van der Waals surface area contributed by atoms with Gasteiger partial charge in [0.2, 0.25) is 6.79 Å². The molecule has 0 aliphatic rings. The molecule has 0 saturated heterocycles. The van der Waals surface area contributed by atoms with Gasteiger partial charge in [-0.15, -0.1) is 0 Å². The van der Waals surface area contributed by atoms with E-state index in [1.807, 2.05) is 6.92 Å². The minimum Gasteiger partial charge on any atom is -0.428 e. The minimum absolute atomic E-state index is 0. The standard InChI is InChI=1S/C16H20ClNO6.Na/c1-2-4-14(19)22-11-23-16(21)18-10-3-5-15(20)24-13-8-6-12(17)7-9-13;/h6-9H,2-5,10-11H2,1H3,(H,18,21);/q;+1. The van der Waals surface area contributed by atoms with Crippen molar-refractivity contribution in [2.75, 3.05) is 13.3 Å². The van der Waals surface area contributed by atoms with Crippen LogP contribution in [0.3, 0.4) is 0 Å². The predicted molar refractivity (Wildman–Crippen MR) is 86.7 cm³/mol. The first-order valence-electron chi connectivity index (χ1n) is 7.53. The molecule has 0 heterocycles. The number of carbonyl (C=O) groups is 3. The largest absolute Gasteiger partial charge is 1.00 e. The van der Waals surface area contributed by atoms with Crippen LogP contribution in [0.25, 0.3) is 0 Å². The number of hydrogen-bond donors (Lipinski definition) is 1. The summed E-state index contributed by atoms with van der Waals surface area (Å²) < 4.78 is 14.4. The number of alkyl carbamates (subject to hydrolysis) is 1.